The van der Waals surface area contributed by atoms with E-state index in [1.807, 2.05) is 38.1 Å². The molecular formula is C26H26F2N2O3. The van der Waals surface area contributed by atoms with Gasteiger partial charge >= 0.3 is 5.97 Å². The molecule has 0 N–H and O–H groups in total. The Bertz CT molecular complexity index is 1180. The largest absolute Gasteiger partial charge is 0.462 e. The number of ketones is 1. The van der Waals surface area contributed by atoms with E-state index >= 15 is 0 Å². The lowest BCUT2D eigenvalue weighted by molar-refractivity contribution is -0.121. The van der Waals surface area contributed by atoms with Crippen LogP contribution in [-0.4, -0.2) is 28.3 Å². The molecule has 0 aliphatic heterocycles. The molecule has 33 heavy (non-hydrogen) atoms. The van der Waals surface area contributed by atoms with E-state index in [0.29, 0.717) is 5.69 Å². The summed E-state index contributed by atoms with van der Waals surface area (Å²) in [5.74, 6) is -2.27. The van der Waals surface area contributed by atoms with Gasteiger partial charge in [-0.05, 0) is 57.9 Å². The van der Waals surface area contributed by atoms with Crippen LogP contribution in [0.4, 0.5) is 8.78 Å². The zero-order valence-corrected chi connectivity index (χ0v) is 19.3. The number of Topliss-reactive ketones (excluding diaryl/α,β-unsaturated/α-hetero) is 1. The van der Waals surface area contributed by atoms with Crippen LogP contribution in [0.25, 0.3) is 11.4 Å². The van der Waals surface area contributed by atoms with Gasteiger partial charge in [-0.3, -0.25) is 4.79 Å². The number of esters is 1. The summed E-state index contributed by atoms with van der Waals surface area (Å²) in [6.07, 6.45) is 0.210. The topological polar surface area (TPSA) is 69.2 Å². The van der Waals surface area contributed by atoms with Crippen LogP contribution >= 0.6 is 0 Å². The summed E-state index contributed by atoms with van der Waals surface area (Å²) in [5.41, 5.74) is 1.43. The Kier molecular flexibility index (Phi) is 7.01. The van der Waals surface area contributed by atoms with E-state index in [9.17, 15) is 18.4 Å². The van der Waals surface area contributed by atoms with Gasteiger partial charge in [0.05, 0.1) is 23.6 Å². The predicted octanol–water partition coefficient (Wildman–Crippen LogP) is 5.36. The molecule has 0 aliphatic rings. The first-order chi connectivity index (χ1) is 15.6. The normalized spacial score (nSPS) is 11.4. The Morgan fingerprint density at radius 3 is 2.15 bits per heavy atom. The fraction of sp³-hybridized carbons (Fsp3) is 0.308. The first-order valence-corrected chi connectivity index (χ1v) is 10.7. The van der Waals surface area contributed by atoms with Crippen molar-refractivity contribution in [1.82, 2.24) is 9.97 Å². The SMILES string of the molecule is CCOC(=O)c1c(C)nc(-c2c(F)cccc2F)nc1Cc1ccc(C(C)(C)C(C)=O)cc1. The van der Waals surface area contributed by atoms with Gasteiger partial charge in [0.25, 0.3) is 0 Å². The maximum absolute atomic E-state index is 14.4. The molecule has 0 radical (unpaired) electrons. The van der Waals surface area contributed by atoms with Gasteiger partial charge in [0.15, 0.2) is 5.82 Å². The van der Waals surface area contributed by atoms with Crippen molar-refractivity contribution in [3.05, 3.63) is 82.2 Å². The lowest BCUT2D eigenvalue weighted by Gasteiger charge is -2.22. The number of hydrogen-bond donors (Lipinski definition) is 0. The summed E-state index contributed by atoms with van der Waals surface area (Å²) >= 11 is 0. The van der Waals surface area contributed by atoms with E-state index in [2.05, 4.69) is 9.97 Å². The molecule has 2 aromatic carbocycles. The zero-order chi connectivity index (χ0) is 24.3. The number of carbonyl (C=O) groups excluding carboxylic acids is 2. The van der Waals surface area contributed by atoms with Crippen LogP contribution in [0.2, 0.25) is 0 Å². The number of carbonyl (C=O) groups is 2. The monoisotopic (exact) mass is 452 g/mol. The average molecular weight is 453 g/mol. The lowest BCUT2D eigenvalue weighted by atomic mass is 9.81. The highest BCUT2D eigenvalue weighted by Crippen LogP contribution is 2.28. The first kappa shape index (κ1) is 24.2. The van der Waals surface area contributed by atoms with E-state index in [-0.39, 0.29) is 41.5 Å². The highest BCUT2D eigenvalue weighted by molar-refractivity contribution is 5.92. The van der Waals surface area contributed by atoms with Crippen LogP contribution in [0.5, 0.6) is 0 Å². The molecule has 0 spiro atoms. The van der Waals surface area contributed by atoms with E-state index < -0.39 is 23.0 Å². The number of aromatic nitrogens is 2. The number of benzene rings is 2. The summed E-state index contributed by atoms with van der Waals surface area (Å²) in [6.45, 7) is 8.69. The third-order valence-corrected chi connectivity index (χ3v) is 5.76. The Hall–Kier alpha value is -3.48. The fourth-order valence-corrected chi connectivity index (χ4v) is 3.49. The Labute approximate surface area is 191 Å². The van der Waals surface area contributed by atoms with Gasteiger partial charge in [0.2, 0.25) is 0 Å². The summed E-state index contributed by atoms with van der Waals surface area (Å²) in [7, 11) is 0. The molecule has 1 aromatic heterocycles. The van der Waals surface area contributed by atoms with E-state index in [0.717, 1.165) is 23.3 Å². The first-order valence-electron chi connectivity index (χ1n) is 10.7. The number of aryl methyl sites for hydroxylation is 1. The summed E-state index contributed by atoms with van der Waals surface area (Å²) in [5, 5.41) is 0. The molecule has 0 fully saturated rings. The molecule has 3 rings (SSSR count). The molecule has 0 unspecified atom stereocenters. The second kappa shape index (κ2) is 9.57. The molecule has 0 saturated carbocycles. The minimum atomic E-state index is -0.792. The summed E-state index contributed by atoms with van der Waals surface area (Å²) in [4.78, 5) is 33.2. The Morgan fingerprint density at radius 2 is 1.61 bits per heavy atom. The molecule has 7 heteroatoms. The molecule has 0 bridgehead atoms. The van der Waals surface area contributed by atoms with Crippen LogP contribution in [0, 0.1) is 18.6 Å². The van der Waals surface area contributed by atoms with Crippen molar-refractivity contribution in [2.24, 2.45) is 0 Å². The maximum atomic E-state index is 14.4. The standard InChI is InChI=1S/C26H26F2N2O3/c1-6-33-25(32)22-15(2)29-24(23-19(27)8-7-9-20(23)28)30-21(22)14-17-10-12-18(13-11-17)26(4,5)16(3)31/h7-13H,6,14H2,1-5H3. The van der Waals surface area contributed by atoms with Crippen LogP contribution in [0.1, 0.15) is 60.6 Å². The molecule has 3 aromatic rings. The van der Waals surface area contributed by atoms with Gasteiger partial charge < -0.3 is 4.74 Å². The number of rotatable bonds is 7. The quantitative estimate of drug-likeness (QED) is 0.451. The van der Waals surface area contributed by atoms with Crippen LogP contribution in [0.3, 0.4) is 0 Å². The molecule has 5 nitrogen and oxygen atoms in total. The van der Waals surface area contributed by atoms with E-state index in [1.54, 1.807) is 20.8 Å². The van der Waals surface area contributed by atoms with Crippen molar-refractivity contribution in [3.63, 3.8) is 0 Å². The average Bonchev–Trinajstić information content (AvgIpc) is 2.74. The third kappa shape index (κ3) is 4.97. The summed E-state index contributed by atoms with van der Waals surface area (Å²) < 4.78 is 33.9. The van der Waals surface area contributed by atoms with Gasteiger partial charge in [0.1, 0.15) is 23.0 Å². The van der Waals surface area contributed by atoms with E-state index in [4.69, 9.17) is 4.74 Å². The van der Waals surface area contributed by atoms with Crippen molar-refractivity contribution < 1.29 is 23.1 Å². The molecule has 0 amide bonds. The van der Waals surface area contributed by atoms with Crippen molar-refractivity contribution >= 4 is 11.8 Å². The van der Waals surface area contributed by atoms with Gasteiger partial charge in [-0.2, -0.15) is 0 Å². The smallest absolute Gasteiger partial charge is 0.341 e. The molecular weight excluding hydrogens is 426 g/mol. The zero-order valence-electron chi connectivity index (χ0n) is 19.3. The second-order valence-corrected chi connectivity index (χ2v) is 8.33. The maximum Gasteiger partial charge on any atom is 0.341 e. The predicted molar refractivity (Wildman–Crippen MR) is 121 cm³/mol. The third-order valence-electron chi connectivity index (χ3n) is 5.76. The molecule has 0 aliphatic carbocycles. The Morgan fingerprint density at radius 1 is 1.00 bits per heavy atom. The van der Waals surface area contributed by atoms with Gasteiger partial charge in [0, 0.05) is 11.8 Å². The molecule has 0 atom stereocenters. The number of hydrogen-bond acceptors (Lipinski definition) is 5. The number of ether oxygens (including phenoxy) is 1. The number of nitrogens with zero attached hydrogens (tertiary/aromatic N) is 2. The van der Waals surface area contributed by atoms with Crippen molar-refractivity contribution in [2.45, 2.75) is 46.5 Å². The van der Waals surface area contributed by atoms with Crippen molar-refractivity contribution in [2.75, 3.05) is 6.61 Å². The van der Waals surface area contributed by atoms with Gasteiger partial charge in [-0.1, -0.05) is 30.3 Å². The van der Waals surface area contributed by atoms with Crippen LogP contribution in [-0.2, 0) is 21.4 Å². The molecule has 1 heterocycles. The van der Waals surface area contributed by atoms with Gasteiger partial charge in [-0.15, -0.1) is 0 Å². The highest BCUT2D eigenvalue weighted by Gasteiger charge is 2.26. The van der Waals surface area contributed by atoms with Crippen LogP contribution < -0.4 is 0 Å². The summed E-state index contributed by atoms with van der Waals surface area (Å²) in [6, 6.07) is 10.9. The Balaban J connectivity index is 2.09. The fourth-order valence-electron chi connectivity index (χ4n) is 3.49. The second-order valence-electron chi connectivity index (χ2n) is 8.33. The molecule has 0 saturated heterocycles. The van der Waals surface area contributed by atoms with Gasteiger partial charge in [-0.25, -0.2) is 23.5 Å². The minimum Gasteiger partial charge on any atom is -0.462 e. The van der Waals surface area contributed by atoms with E-state index in [1.165, 1.54) is 6.07 Å². The minimum absolute atomic E-state index is 0.0443. The lowest BCUT2D eigenvalue weighted by Crippen LogP contribution is -2.26. The molecule has 172 valence electrons. The van der Waals surface area contributed by atoms with Crippen molar-refractivity contribution in [3.8, 4) is 11.4 Å². The van der Waals surface area contributed by atoms with Crippen LogP contribution in [0.15, 0.2) is 42.5 Å². The number of halogens is 2. The van der Waals surface area contributed by atoms with Crippen molar-refractivity contribution in [1.29, 1.82) is 0 Å². The highest BCUT2D eigenvalue weighted by atomic mass is 19.1.